The standard InChI is InChI=1S/C16H15N3OS/c1-10(14-7-4-8-21-14)18-16(20)12-9-15(17)19-13-6-3-2-5-11(12)13/h2-10H,1H3,(H2,17,19)(H,18,20). The molecule has 4 nitrogen and oxygen atoms in total. The number of rotatable bonds is 3. The second-order valence-electron chi connectivity index (χ2n) is 4.82. The van der Waals surface area contributed by atoms with E-state index in [0.29, 0.717) is 11.4 Å². The number of aromatic nitrogens is 1. The second-order valence-corrected chi connectivity index (χ2v) is 5.80. The van der Waals surface area contributed by atoms with Crippen LogP contribution in [0, 0.1) is 0 Å². The van der Waals surface area contributed by atoms with Gasteiger partial charge in [-0.15, -0.1) is 11.3 Å². The van der Waals surface area contributed by atoms with Crippen molar-refractivity contribution in [1.29, 1.82) is 0 Å². The van der Waals surface area contributed by atoms with Crippen molar-refractivity contribution in [2.24, 2.45) is 0 Å². The zero-order valence-corrected chi connectivity index (χ0v) is 12.4. The van der Waals surface area contributed by atoms with E-state index >= 15 is 0 Å². The molecule has 1 aromatic carbocycles. The molecule has 3 N–H and O–H groups in total. The lowest BCUT2D eigenvalue weighted by Gasteiger charge is -2.13. The number of fused-ring (bicyclic) bond motifs is 1. The summed E-state index contributed by atoms with van der Waals surface area (Å²) in [4.78, 5) is 17.9. The van der Waals surface area contributed by atoms with E-state index in [1.165, 1.54) is 0 Å². The van der Waals surface area contributed by atoms with Gasteiger partial charge in [-0.05, 0) is 30.5 Å². The minimum absolute atomic E-state index is 0.0364. The number of para-hydroxylation sites is 1. The summed E-state index contributed by atoms with van der Waals surface area (Å²) in [5.74, 6) is 0.212. The Morgan fingerprint density at radius 2 is 2.10 bits per heavy atom. The van der Waals surface area contributed by atoms with E-state index in [1.54, 1.807) is 17.4 Å². The average molecular weight is 297 g/mol. The van der Waals surface area contributed by atoms with E-state index in [4.69, 9.17) is 5.73 Å². The number of hydrogen-bond acceptors (Lipinski definition) is 4. The van der Waals surface area contributed by atoms with Crippen LogP contribution in [0.3, 0.4) is 0 Å². The van der Waals surface area contributed by atoms with Crippen molar-refractivity contribution in [3.8, 4) is 0 Å². The Hall–Kier alpha value is -2.40. The number of carbonyl (C=O) groups is 1. The van der Waals surface area contributed by atoms with Crippen LogP contribution in [0.2, 0.25) is 0 Å². The number of hydrogen-bond donors (Lipinski definition) is 2. The van der Waals surface area contributed by atoms with E-state index in [0.717, 1.165) is 15.8 Å². The summed E-state index contributed by atoms with van der Waals surface area (Å²) < 4.78 is 0. The highest BCUT2D eigenvalue weighted by molar-refractivity contribution is 7.10. The SMILES string of the molecule is CC(NC(=O)c1cc(N)nc2ccccc12)c1cccs1. The molecule has 1 unspecified atom stereocenters. The molecule has 2 aromatic heterocycles. The van der Waals surface area contributed by atoms with Gasteiger partial charge in [0.2, 0.25) is 0 Å². The van der Waals surface area contributed by atoms with Crippen LogP contribution in [0.4, 0.5) is 5.82 Å². The van der Waals surface area contributed by atoms with Crippen LogP contribution in [0.15, 0.2) is 47.8 Å². The Morgan fingerprint density at radius 3 is 2.86 bits per heavy atom. The van der Waals surface area contributed by atoms with Gasteiger partial charge in [0.25, 0.3) is 5.91 Å². The zero-order chi connectivity index (χ0) is 14.8. The summed E-state index contributed by atoms with van der Waals surface area (Å²) in [5.41, 5.74) is 7.08. The highest BCUT2D eigenvalue weighted by atomic mass is 32.1. The number of nitrogens with two attached hydrogens (primary N) is 1. The molecule has 0 saturated carbocycles. The molecule has 0 bridgehead atoms. The third-order valence-electron chi connectivity index (χ3n) is 3.30. The molecule has 21 heavy (non-hydrogen) atoms. The molecule has 0 aliphatic carbocycles. The Morgan fingerprint density at radius 1 is 1.29 bits per heavy atom. The van der Waals surface area contributed by atoms with Crippen LogP contribution in [0.5, 0.6) is 0 Å². The molecule has 3 aromatic rings. The smallest absolute Gasteiger partial charge is 0.252 e. The quantitative estimate of drug-likeness (QED) is 0.779. The molecule has 1 amide bonds. The van der Waals surface area contributed by atoms with Crippen LogP contribution in [0.1, 0.15) is 28.2 Å². The normalized spacial score (nSPS) is 12.2. The Balaban J connectivity index is 1.94. The van der Waals surface area contributed by atoms with Gasteiger partial charge in [0.1, 0.15) is 5.82 Å². The highest BCUT2D eigenvalue weighted by Crippen LogP contribution is 2.22. The predicted octanol–water partition coefficient (Wildman–Crippen LogP) is 3.37. The average Bonchev–Trinajstić information content (AvgIpc) is 3.00. The summed E-state index contributed by atoms with van der Waals surface area (Å²) in [6.45, 7) is 1.97. The van der Waals surface area contributed by atoms with Crippen molar-refractivity contribution in [1.82, 2.24) is 10.3 Å². The first kappa shape index (κ1) is 13.6. The van der Waals surface area contributed by atoms with E-state index < -0.39 is 0 Å². The minimum atomic E-state index is -0.138. The summed E-state index contributed by atoms with van der Waals surface area (Å²) >= 11 is 1.62. The number of nitrogen functional groups attached to an aromatic ring is 1. The molecule has 0 aliphatic rings. The molecule has 0 radical (unpaired) electrons. The molecule has 0 saturated heterocycles. The number of pyridine rings is 1. The van der Waals surface area contributed by atoms with Crippen molar-refractivity contribution >= 4 is 34.0 Å². The minimum Gasteiger partial charge on any atom is -0.384 e. The first-order valence-electron chi connectivity index (χ1n) is 6.64. The fourth-order valence-corrected chi connectivity index (χ4v) is 3.00. The van der Waals surface area contributed by atoms with E-state index in [1.807, 2.05) is 48.7 Å². The van der Waals surface area contributed by atoms with Crippen LogP contribution in [-0.4, -0.2) is 10.9 Å². The summed E-state index contributed by atoms with van der Waals surface area (Å²) in [6, 6.07) is 13.1. The van der Waals surface area contributed by atoms with Crippen molar-refractivity contribution in [3.05, 3.63) is 58.3 Å². The van der Waals surface area contributed by atoms with E-state index in [2.05, 4.69) is 10.3 Å². The molecule has 3 rings (SSSR count). The fourth-order valence-electron chi connectivity index (χ4n) is 2.27. The Kier molecular flexibility index (Phi) is 3.58. The maximum atomic E-state index is 12.5. The maximum Gasteiger partial charge on any atom is 0.252 e. The first-order chi connectivity index (χ1) is 10.1. The highest BCUT2D eigenvalue weighted by Gasteiger charge is 2.15. The van der Waals surface area contributed by atoms with Crippen molar-refractivity contribution in [2.45, 2.75) is 13.0 Å². The number of amides is 1. The lowest BCUT2D eigenvalue weighted by Crippen LogP contribution is -2.26. The van der Waals surface area contributed by atoms with Crippen molar-refractivity contribution in [2.75, 3.05) is 5.73 Å². The van der Waals surface area contributed by atoms with Gasteiger partial charge in [-0.1, -0.05) is 24.3 Å². The van der Waals surface area contributed by atoms with Crippen LogP contribution < -0.4 is 11.1 Å². The fraction of sp³-hybridized carbons (Fsp3) is 0.125. The van der Waals surface area contributed by atoms with E-state index in [9.17, 15) is 4.79 Å². The number of nitrogens with zero attached hydrogens (tertiary/aromatic N) is 1. The molecule has 0 aliphatic heterocycles. The second kappa shape index (κ2) is 5.54. The maximum absolute atomic E-state index is 12.5. The molecule has 1 atom stereocenters. The number of benzene rings is 1. The topological polar surface area (TPSA) is 68.0 Å². The number of nitrogens with one attached hydrogen (secondary N) is 1. The lowest BCUT2D eigenvalue weighted by molar-refractivity contribution is 0.0942. The molecule has 5 heteroatoms. The van der Waals surface area contributed by atoms with Gasteiger partial charge >= 0.3 is 0 Å². The molecule has 0 spiro atoms. The predicted molar refractivity (Wildman–Crippen MR) is 86.4 cm³/mol. The number of thiophene rings is 1. The largest absolute Gasteiger partial charge is 0.384 e. The van der Waals surface area contributed by atoms with Gasteiger partial charge in [-0.3, -0.25) is 4.79 Å². The monoisotopic (exact) mass is 297 g/mol. The lowest BCUT2D eigenvalue weighted by atomic mass is 10.1. The summed E-state index contributed by atoms with van der Waals surface area (Å²) in [5, 5.41) is 5.81. The zero-order valence-electron chi connectivity index (χ0n) is 11.5. The van der Waals surface area contributed by atoms with Gasteiger partial charge < -0.3 is 11.1 Å². The molecule has 0 fully saturated rings. The van der Waals surface area contributed by atoms with Crippen LogP contribution in [0.25, 0.3) is 10.9 Å². The molecular weight excluding hydrogens is 282 g/mol. The summed E-state index contributed by atoms with van der Waals surface area (Å²) in [6.07, 6.45) is 0. The van der Waals surface area contributed by atoms with Gasteiger partial charge in [0.15, 0.2) is 0 Å². The van der Waals surface area contributed by atoms with Gasteiger partial charge in [0, 0.05) is 10.3 Å². The van der Waals surface area contributed by atoms with Gasteiger partial charge in [-0.2, -0.15) is 0 Å². The van der Waals surface area contributed by atoms with Crippen molar-refractivity contribution < 1.29 is 4.79 Å². The first-order valence-corrected chi connectivity index (χ1v) is 7.52. The molecule has 2 heterocycles. The molecular formula is C16H15N3OS. The Bertz CT molecular complexity index is 783. The number of anilines is 1. The van der Waals surface area contributed by atoms with Crippen molar-refractivity contribution in [3.63, 3.8) is 0 Å². The van der Waals surface area contributed by atoms with E-state index in [-0.39, 0.29) is 11.9 Å². The molecule has 106 valence electrons. The van der Waals surface area contributed by atoms with Gasteiger partial charge in [-0.25, -0.2) is 4.98 Å². The number of carbonyl (C=O) groups excluding carboxylic acids is 1. The third-order valence-corrected chi connectivity index (χ3v) is 4.35. The third kappa shape index (κ3) is 2.73. The van der Waals surface area contributed by atoms with Gasteiger partial charge in [0.05, 0.1) is 17.1 Å². The summed E-state index contributed by atoms with van der Waals surface area (Å²) in [7, 11) is 0. The van der Waals surface area contributed by atoms with Crippen LogP contribution >= 0.6 is 11.3 Å². The van der Waals surface area contributed by atoms with Crippen LogP contribution in [-0.2, 0) is 0 Å². The Labute approximate surface area is 126 Å².